The smallest absolute Gasteiger partial charge is 0.244 e. The molecule has 1 atom stereocenters. The Morgan fingerprint density at radius 3 is 2.47 bits per heavy atom. The van der Waals surface area contributed by atoms with Gasteiger partial charge in [0.05, 0.1) is 8.68 Å². The van der Waals surface area contributed by atoms with Gasteiger partial charge in [0.1, 0.15) is 0 Å². The average Bonchev–Trinajstić information content (AvgIpc) is 2.69. The van der Waals surface area contributed by atoms with Gasteiger partial charge in [-0.15, -0.1) is 11.3 Å². The van der Waals surface area contributed by atoms with Crippen molar-refractivity contribution in [1.29, 1.82) is 0 Å². The molecule has 1 aromatic heterocycles. The van der Waals surface area contributed by atoms with Gasteiger partial charge in [-0.2, -0.15) is 4.31 Å². The maximum absolute atomic E-state index is 12.6. The fourth-order valence-corrected chi connectivity index (χ4v) is 6.32. The highest BCUT2D eigenvalue weighted by Gasteiger charge is 2.32. The van der Waals surface area contributed by atoms with Crippen LogP contribution >= 0.6 is 27.3 Å². The molecule has 1 fully saturated rings. The topological polar surface area (TPSA) is 63.4 Å². The number of rotatable bonds is 3. The van der Waals surface area contributed by atoms with Crippen molar-refractivity contribution in [3.63, 3.8) is 0 Å². The number of sulfonamides is 1. The van der Waals surface area contributed by atoms with Crippen molar-refractivity contribution < 1.29 is 8.42 Å². The predicted molar refractivity (Wildman–Crippen MR) is 81.9 cm³/mol. The van der Waals surface area contributed by atoms with Crippen LogP contribution in [0.1, 0.15) is 24.6 Å². The van der Waals surface area contributed by atoms with Gasteiger partial charge < -0.3 is 5.73 Å². The number of hydrogen-bond donors (Lipinski definition) is 1. The number of hydrogen-bond acceptors (Lipinski definition) is 4. The van der Waals surface area contributed by atoms with Crippen molar-refractivity contribution in [3.8, 4) is 0 Å². The van der Waals surface area contributed by atoms with Crippen LogP contribution in [0.3, 0.4) is 0 Å². The number of nitrogens with zero attached hydrogens (tertiary/aromatic N) is 1. The molecule has 0 aliphatic carbocycles. The number of piperidine rings is 1. The fourth-order valence-electron chi connectivity index (χ4n) is 2.47. The molecule has 1 aliphatic heterocycles. The first-order valence-electron chi connectivity index (χ1n) is 6.34. The number of thiophene rings is 1. The summed E-state index contributed by atoms with van der Waals surface area (Å²) in [6.45, 7) is 4.98. The minimum Gasteiger partial charge on any atom is -0.328 e. The minimum absolute atomic E-state index is 0.141. The van der Waals surface area contributed by atoms with E-state index in [4.69, 9.17) is 5.73 Å². The van der Waals surface area contributed by atoms with Crippen molar-refractivity contribution in [2.75, 3.05) is 13.1 Å². The summed E-state index contributed by atoms with van der Waals surface area (Å²) in [5.74, 6) is 0.432. The van der Waals surface area contributed by atoms with E-state index in [-0.39, 0.29) is 6.04 Å². The Balaban J connectivity index is 2.16. The monoisotopic (exact) mass is 366 g/mol. The zero-order valence-electron chi connectivity index (χ0n) is 11.1. The second kappa shape index (κ2) is 5.81. The van der Waals surface area contributed by atoms with Gasteiger partial charge in [-0.3, -0.25) is 0 Å². The van der Waals surface area contributed by atoms with Crippen LogP contribution in [0.2, 0.25) is 0 Å². The van der Waals surface area contributed by atoms with Crippen LogP contribution in [0.5, 0.6) is 0 Å². The molecule has 0 saturated carbocycles. The molecule has 1 unspecified atom stereocenters. The molecule has 2 rings (SSSR count). The van der Waals surface area contributed by atoms with Gasteiger partial charge in [0.15, 0.2) is 0 Å². The lowest BCUT2D eigenvalue weighted by Gasteiger charge is -2.32. The van der Waals surface area contributed by atoms with E-state index in [0.717, 1.165) is 21.5 Å². The minimum atomic E-state index is -3.35. The molecule has 2 N–H and O–H groups in total. The second-order valence-corrected chi connectivity index (χ2v) is 9.61. The third kappa shape index (κ3) is 3.21. The van der Waals surface area contributed by atoms with Crippen LogP contribution in [-0.4, -0.2) is 31.9 Å². The maximum atomic E-state index is 12.6. The van der Waals surface area contributed by atoms with E-state index in [2.05, 4.69) is 15.9 Å². The quantitative estimate of drug-likeness (QED) is 0.893. The molecule has 108 valence electrons. The lowest BCUT2D eigenvalue weighted by atomic mass is 9.92. The molecule has 19 heavy (non-hydrogen) atoms. The molecule has 2 heterocycles. The van der Waals surface area contributed by atoms with Gasteiger partial charge in [-0.1, -0.05) is 0 Å². The molecule has 1 aliphatic rings. The fraction of sp³-hybridized carbons (Fsp3) is 0.667. The van der Waals surface area contributed by atoms with Crippen LogP contribution < -0.4 is 5.73 Å². The van der Waals surface area contributed by atoms with Gasteiger partial charge in [0, 0.05) is 24.0 Å². The van der Waals surface area contributed by atoms with E-state index in [0.29, 0.717) is 23.9 Å². The largest absolute Gasteiger partial charge is 0.328 e. The Hall–Kier alpha value is 0.0500. The van der Waals surface area contributed by atoms with Gasteiger partial charge >= 0.3 is 0 Å². The Morgan fingerprint density at radius 2 is 2.05 bits per heavy atom. The molecule has 0 bridgehead atoms. The van der Waals surface area contributed by atoms with E-state index >= 15 is 0 Å². The number of nitrogens with two attached hydrogens (primary N) is 1. The van der Waals surface area contributed by atoms with E-state index in [1.807, 2.05) is 13.8 Å². The van der Waals surface area contributed by atoms with Crippen molar-refractivity contribution in [3.05, 3.63) is 14.7 Å². The van der Waals surface area contributed by atoms with E-state index in [1.54, 1.807) is 10.4 Å². The van der Waals surface area contributed by atoms with Crippen molar-refractivity contribution in [1.82, 2.24) is 4.31 Å². The average molecular weight is 367 g/mol. The third-order valence-corrected chi connectivity index (χ3v) is 7.41. The maximum Gasteiger partial charge on any atom is 0.244 e. The molecule has 0 radical (unpaired) electrons. The Labute approximate surface area is 127 Å². The van der Waals surface area contributed by atoms with Crippen molar-refractivity contribution in [2.24, 2.45) is 11.7 Å². The number of aryl methyl sites for hydroxylation is 1. The highest BCUT2D eigenvalue weighted by Crippen LogP contribution is 2.33. The Morgan fingerprint density at radius 1 is 1.47 bits per heavy atom. The summed E-state index contributed by atoms with van der Waals surface area (Å²) < 4.78 is 27.6. The lowest BCUT2D eigenvalue weighted by Crippen LogP contribution is -2.42. The Kier molecular flexibility index (Phi) is 4.72. The van der Waals surface area contributed by atoms with Crippen LogP contribution in [0.15, 0.2) is 14.7 Å². The van der Waals surface area contributed by atoms with E-state index < -0.39 is 10.0 Å². The van der Waals surface area contributed by atoms with Crippen LogP contribution in [0.25, 0.3) is 0 Å². The summed E-state index contributed by atoms with van der Waals surface area (Å²) in [4.78, 5) is 1.27. The van der Waals surface area contributed by atoms with Gasteiger partial charge in [0.25, 0.3) is 0 Å². The first-order chi connectivity index (χ1) is 8.82. The molecule has 0 aromatic carbocycles. The summed E-state index contributed by atoms with van der Waals surface area (Å²) in [5, 5.41) is 0. The first-order valence-corrected chi connectivity index (χ1v) is 9.39. The lowest BCUT2D eigenvalue weighted by molar-refractivity contribution is 0.250. The molecule has 7 heteroatoms. The third-order valence-electron chi connectivity index (χ3n) is 3.70. The summed E-state index contributed by atoms with van der Waals surface area (Å²) in [7, 11) is -3.35. The van der Waals surface area contributed by atoms with Gasteiger partial charge in [-0.05, 0) is 54.6 Å². The zero-order valence-corrected chi connectivity index (χ0v) is 14.3. The van der Waals surface area contributed by atoms with Crippen molar-refractivity contribution >= 4 is 37.3 Å². The standard InChI is InChI=1S/C12H19BrN2O2S2/c1-8(14)10-3-5-15(6-4-10)19(16,17)11-7-12(13)18-9(11)2/h7-8,10H,3-6,14H2,1-2H3. The summed E-state index contributed by atoms with van der Waals surface area (Å²) >= 11 is 4.80. The summed E-state index contributed by atoms with van der Waals surface area (Å²) in [6, 6.07) is 1.84. The SMILES string of the molecule is Cc1sc(Br)cc1S(=O)(=O)N1CCC(C(C)N)CC1. The van der Waals surface area contributed by atoms with Crippen LogP contribution in [0.4, 0.5) is 0 Å². The molecular weight excluding hydrogens is 348 g/mol. The van der Waals surface area contributed by atoms with E-state index in [9.17, 15) is 8.42 Å². The van der Waals surface area contributed by atoms with E-state index in [1.165, 1.54) is 11.3 Å². The highest BCUT2D eigenvalue weighted by molar-refractivity contribution is 9.11. The van der Waals surface area contributed by atoms with Crippen LogP contribution in [0, 0.1) is 12.8 Å². The Bertz CT molecular complexity index is 546. The van der Waals surface area contributed by atoms with Gasteiger partial charge in [-0.25, -0.2) is 8.42 Å². The molecular formula is C12H19BrN2O2S2. The zero-order chi connectivity index (χ0) is 14.2. The molecule has 1 aromatic rings. The number of halogens is 1. The van der Waals surface area contributed by atoms with Crippen LogP contribution in [-0.2, 0) is 10.0 Å². The first kappa shape index (κ1) is 15.4. The molecule has 0 amide bonds. The highest BCUT2D eigenvalue weighted by atomic mass is 79.9. The molecule has 1 saturated heterocycles. The summed E-state index contributed by atoms with van der Waals surface area (Å²) in [6.07, 6.45) is 1.70. The molecule has 4 nitrogen and oxygen atoms in total. The molecule has 0 spiro atoms. The normalized spacial score (nSPS) is 20.6. The summed E-state index contributed by atoms with van der Waals surface area (Å²) in [5.41, 5.74) is 5.89. The van der Waals surface area contributed by atoms with Gasteiger partial charge in [0.2, 0.25) is 10.0 Å². The van der Waals surface area contributed by atoms with Crippen molar-refractivity contribution in [2.45, 2.75) is 37.6 Å². The second-order valence-electron chi connectivity index (χ2n) is 5.07. The predicted octanol–water partition coefficient (Wildman–Crippen LogP) is 2.57.